The number of carbonyl (C=O) groups excluding carboxylic acids is 2. The van der Waals surface area contributed by atoms with Gasteiger partial charge in [0.2, 0.25) is 0 Å². The fourth-order valence-corrected chi connectivity index (χ4v) is 2.73. The van der Waals surface area contributed by atoms with Crippen molar-refractivity contribution in [3.05, 3.63) is 62.8 Å². The van der Waals surface area contributed by atoms with Gasteiger partial charge in [0.05, 0.1) is 22.8 Å². The summed E-state index contributed by atoms with van der Waals surface area (Å²) in [5.74, 6) is -1.72. The number of Topliss-reactive ketones (excluding diaryl/α,β-unsaturated/α-hetero) is 1. The Labute approximate surface area is 133 Å². The summed E-state index contributed by atoms with van der Waals surface area (Å²) in [7, 11) is 0. The lowest BCUT2D eigenvalue weighted by Gasteiger charge is -2.16. The molecule has 6 heteroatoms. The number of ketones is 1. The number of anilines is 1. The van der Waals surface area contributed by atoms with E-state index in [2.05, 4.69) is 15.9 Å². The first-order chi connectivity index (χ1) is 9.97. The lowest BCUT2D eigenvalue weighted by molar-refractivity contribution is -0.114. The fourth-order valence-electron chi connectivity index (χ4n) is 2.25. The molecule has 21 heavy (non-hydrogen) atoms. The normalized spacial score (nSPS) is 13.8. The molecule has 0 unspecified atom stereocenters. The van der Waals surface area contributed by atoms with Gasteiger partial charge in [-0.3, -0.25) is 9.59 Å². The number of rotatable bonds is 2. The van der Waals surface area contributed by atoms with E-state index in [4.69, 9.17) is 11.6 Å². The average molecular weight is 369 g/mol. The average Bonchev–Trinajstić information content (AvgIpc) is 2.68. The van der Waals surface area contributed by atoms with Crippen molar-refractivity contribution in [1.29, 1.82) is 0 Å². The maximum absolute atomic E-state index is 13.5. The van der Waals surface area contributed by atoms with Crippen molar-refractivity contribution in [3.63, 3.8) is 0 Å². The third-order valence-electron chi connectivity index (χ3n) is 3.26. The Morgan fingerprint density at radius 3 is 2.62 bits per heavy atom. The van der Waals surface area contributed by atoms with E-state index in [1.165, 1.54) is 17.0 Å². The quantitative estimate of drug-likeness (QED) is 0.752. The van der Waals surface area contributed by atoms with Gasteiger partial charge in [-0.1, -0.05) is 33.6 Å². The van der Waals surface area contributed by atoms with Crippen LogP contribution in [0.2, 0.25) is 5.02 Å². The van der Waals surface area contributed by atoms with Gasteiger partial charge in [-0.25, -0.2) is 4.39 Å². The SMILES string of the molecule is O=C1C(=O)N(Cc2ccc(Cl)c(F)c2)c2ccc(Br)cc21. The number of benzene rings is 2. The molecule has 1 aliphatic rings. The van der Waals surface area contributed by atoms with Crippen molar-refractivity contribution in [3.8, 4) is 0 Å². The molecule has 0 radical (unpaired) electrons. The van der Waals surface area contributed by atoms with Crippen LogP contribution in [0.4, 0.5) is 10.1 Å². The van der Waals surface area contributed by atoms with Crippen molar-refractivity contribution in [2.75, 3.05) is 4.90 Å². The highest BCUT2D eigenvalue weighted by molar-refractivity contribution is 9.10. The first-order valence-electron chi connectivity index (χ1n) is 6.07. The fraction of sp³-hybridized carbons (Fsp3) is 0.0667. The van der Waals surface area contributed by atoms with Crippen LogP contribution in [-0.2, 0) is 11.3 Å². The van der Waals surface area contributed by atoms with Gasteiger partial charge in [-0.2, -0.15) is 0 Å². The molecule has 2 aromatic carbocycles. The molecule has 0 saturated carbocycles. The highest BCUT2D eigenvalue weighted by Gasteiger charge is 2.35. The minimum absolute atomic E-state index is 0.0203. The molecule has 1 aliphatic heterocycles. The Hall–Kier alpha value is -1.72. The summed E-state index contributed by atoms with van der Waals surface area (Å²) < 4.78 is 14.2. The summed E-state index contributed by atoms with van der Waals surface area (Å²) in [4.78, 5) is 25.4. The second-order valence-corrected chi connectivity index (χ2v) is 5.95. The van der Waals surface area contributed by atoms with Crippen LogP contribution in [0, 0.1) is 5.82 Å². The predicted octanol–water partition coefficient (Wildman–Crippen LogP) is 3.97. The van der Waals surface area contributed by atoms with E-state index in [1.807, 2.05) is 0 Å². The van der Waals surface area contributed by atoms with Crippen LogP contribution in [-0.4, -0.2) is 11.7 Å². The van der Waals surface area contributed by atoms with E-state index in [9.17, 15) is 14.0 Å². The van der Waals surface area contributed by atoms with Gasteiger partial charge in [-0.15, -0.1) is 0 Å². The van der Waals surface area contributed by atoms with Crippen molar-refractivity contribution in [2.45, 2.75) is 6.54 Å². The number of nitrogens with zero attached hydrogens (tertiary/aromatic N) is 1. The summed E-state index contributed by atoms with van der Waals surface area (Å²) in [6.45, 7) is 0.118. The van der Waals surface area contributed by atoms with Crippen molar-refractivity contribution in [2.24, 2.45) is 0 Å². The van der Waals surface area contributed by atoms with Gasteiger partial charge in [-0.05, 0) is 35.9 Å². The lowest BCUT2D eigenvalue weighted by atomic mass is 10.1. The van der Waals surface area contributed by atoms with Crippen LogP contribution in [0.5, 0.6) is 0 Å². The Bertz CT molecular complexity index is 778. The standard InChI is InChI=1S/C15H8BrClFNO2/c16-9-2-4-13-10(6-9)14(20)15(21)19(13)7-8-1-3-11(17)12(18)5-8/h1-6H,7H2. The topological polar surface area (TPSA) is 37.4 Å². The minimum Gasteiger partial charge on any atom is -0.300 e. The zero-order valence-electron chi connectivity index (χ0n) is 10.6. The molecule has 0 aromatic heterocycles. The third-order valence-corrected chi connectivity index (χ3v) is 4.06. The molecule has 1 heterocycles. The molecule has 1 amide bonds. The van der Waals surface area contributed by atoms with Gasteiger partial charge >= 0.3 is 0 Å². The van der Waals surface area contributed by atoms with Crippen LogP contribution in [0.3, 0.4) is 0 Å². The molecule has 0 N–H and O–H groups in total. The number of amides is 1. The molecule has 2 aromatic rings. The molecule has 3 nitrogen and oxygen atoms in total. The van der Waals surface area contributed by atoms with Crippen molar-refractivity contribution < 1.29 is 14.0 Å². The largest absolute Gasteiger partial charge is 0.300 e. The van der Waals surface area contributed by atoms with Gasteiger partial charge < -0.3 is 4.90 Å². The first kappa shape index (κ1) is 14.2. The maximum Gasteiger partial charge on any atom is 0.299 e. The third kappa shape index (κ3) is 2.47. The summed E-state index contributed by atoms with van der Waals surface area (Å²) >= 11 is 8.90. The predicted molar refractivity (Wildman–Crippen MR) is 81.1 cm³/mol. The summed E-state index contributed by atoms with van der Waals surface area (Å²) in [6.07, 6.45) is 0. The van der Waals surface area contributed by atoms with Gasteiger partial charge in [0.25, 0.3) is 11.7 Å². The highest BCUT2D eigenvalue weighted by atomic mass is 79.9. The first-order valence-corrected chi connectivity index (χ1v) is 7.24. The van der Waals surface area contributed by atoms with Gasteiger partial charge in [0, 0.05) is 4.47 Å². The lowest BCUT2D eigenvalue weighted by Crippen LogP contribution is -2.29. The van der Waals surface area contributed by atoms with E-state index in [0.717, 1.165) is 4.47 Å². The summed E-state index contributed by atoms with van der Waals surface area (Å²) in [5.41, 5.74) is 1.45. The van der Waals surface area contributed by atoms with E-state index in [-0.39, 0.29) is 11.6 Å². The second kappa shape index (κ2) is 5.24. The monoisotopic (exact) mass is 367 g/mol. The van der Waals surface area contributed by atoms with Crippen molar-refractivity contribution >= 4 is 44.9 Å². The Balaban J connectivity index is 1.98. The van der Waals surface area contributed by atoms with Crippen LogP contribution >= 0.6 is 27.5 Å². The van der Waals surface area contributed by atoms with E-state index < -0.39 is 17.5 Å². The van der Waals surface area contributed by atoms with E-state index >= 15 is 0 Å². The van der Waals surface area contributed by atoms with Gasteiger partial charge in [0.1, 0.15) is 5.82 Å². The molecular formula is C15H8BrClFNO2. The number of carbonyl (C=O) groups is 2. The number of halogens is 3. The molecule has 3 rings (SSSR count). The molecule has 0 aliphatic carbocycles. The molecule has 0 saturated heterocycles. The zero-order valence-corrected chi connectivity index (χ0v) is 12.9. The van der Waals surface area contributed by atoms with Crippen LogP contribution in [0.15, 0.2) is 40.9 Å². The number of fused-ring (bicyclic) bond motifs is 1. The minimum atomic E-state index is -0.613. The van der Waals surface area contributed by atoms with E-state index in [0.29, 0.717) is 16.8 Å². The smallest absolute Gasteiger partial charge is 0.299 e. The summed E-state index contributed by atoms with van der Waals surface area (Å²) in [5, 5.41) is 0.0203. The zero-order chi connectivity index (χ0) is 15.1. The maximum atomic E-state index is 13.5. The molecule has 106 valence electrons. The number of hydrogen-bond acceptors (Lipinski definition) is 2. The van der Waals surface area contributed by atoms with Crippen LogP contribution < -0.4 is 4.90 Å². The highest BCUT2D eigenvalue weighted by Crippen LogP contribution is 2.32. The van der Waals surface area contributed by atoms with Crippen LogP contribution in [0.25, 0.3) is 0 Å². The molecule has 0 fully saturated rings. The Morgan fingerprint density at radius 2 is 1.90 bits per heavy atom. The van der Waals surface area contributed by atoms with Crippen molar-refractivity contribution in [1.82, 2.24) is 0 Å². The van der Waals surface area contributed by atoms with Crippen LogP contribution in [0.1, 0.15) is 15.9 Å². The Kier molecular flexibility index (Phi) is 3.55. The van der Waals surface area contributed by atoms with Gasteiger partial charge in [0.15, 0.2) is 0 Å². The molecular weight excluding hydrogens is 361 g/mol. The second-order valence-electron chi connectivity index (χ2n) is 4.63. The number of hydrogen-bond donors (Lipinski definition) is 0. The summed E-state index contributed by atoms with van der Waals surface area (Å²) in [6, 6.07) is 9.36. The molecule has 0 atom stereocenters. The Morgan fingerprint density at radius 1 is 1.14 bits per heavy atom. The molecule has 0 spiro atoms. The molecule has 0 bridgehead atoms. The van der Waals surface area contributed by atoms with E-state index in [1.54, 1.807) is 24.3 Å².